The standard InChI is InChI=1S/C12H16N2/c1-6-8-10(9-13)14-11(7-2)12(3,4)5/h6-8H,1-2H2,3-5H3/b10-8-,14-11?. The summed E-state index contributed by atoms with van der Waals surface area (Å²) in [6.45, 7) is 13.3. The van der Waals surface area contributed by atoms with Gasteiger partial charge < -0.3 is 0 Å². The Balaban J connectivity index is 5.14. The molecule has 2 heteroatoms. The van der Waals surface area contributed by atoms with Crippen LogP contribution in [0.1, 0.15) is 20.8 Å². The van der Waals surface area contributed by atoms with Gasteiger partial charge in [-0.3, -0.25) is 0 Å². The minimum absolute atomic E-state index is 0.0984. The molecule has 0 amide bonds. The van der Waals surface area contributed by atoms with Crippen LogP contribution in [-0.2, 0) is 0 Å². The minimum atomic E-state index is -0.0984. The summed E-state index contributed by atoms with van der Waals surface area (Å²) in [6, 6.07) is 1.99. The van der Waals surface area contributed by atoms with Crippen LogP contribution in [0.5, 0.6) is 0 Å². The summed E-state index contributed by atoms with van der Waals surface area (Å²) in [5.74, 6) is 0. The number of hydrogen-bond donors (Lipinski definition) is 0. The van der Waals surface area contributed by atoms with E-state index in [9.17, 15) is 0 Å². The fourth-order valence-electron chi connectivity index (χ4n) is 0.860. The lowest BCUT2D eigenvalue weighted by Crippen LogP contribution is -2.17. The van der Waals surface area contributed by atoms with Gasteiger partial charge in [0.1, 0.15) is 11.8 Å². The first-order chi connectivity index (χ1) is 6.45. The normalized spacial score (nSPS) is 13.3. The Kier molecular flexibility index (Phi) is 4.58. The first kappa shape index (κ1) is 12.4. The molecule has 0 saturated carbocycles. The van der Waals surface area contributed by atoms with E-state index < -0.39 is 0 Å². The predicted octanol–water partition coefficient (Wildman–Crippen LogP) is 3.25. The first-order valence-electron chi connectivity index (χ1n) is 4.40. The third-order valence-corrected chi connectivity index (χ3v) is 1.59. The van der Waals surface area contributed by atoms with Crippen molar-refractivity contribution in [2.24, 2.45) is 10.4 Å². The van der Waals surface area contributed by atoms with Gasteiger partial charge in [0, 0.05) is 11.1 Å². The van der Waals surface area contributed by atoms with Crippen molar-refractivity contribution < 1.29 is 0 Å². The van der Waals surface area contributed by atoms with E-state index in [2.05, 4.69) is 18.2 Å². The van der Waals surface area contributed by atoms with E-state index in [1.807, 2.05) is 26.8 Å². The van der Waals surface area contributed by atoms with Gasteiger partial charge in [0.2, 0.25) is 0 Å². The van der Waals surface area contributed by atoms with Gasteiger partial charge in [-0.2, -0.15) is 5.26 Å². The monoisotopic (exact) mass is 188 g/mol. The smallest absolute Gasteiger partial charge is 0.140 e. The summed E-state index contributed by atoms with van der Waals surface area (Å²) in [6.07, 6.45) is 4.80. The minimum Gasteiger partial charge on any atom is -0.242 e. The van der Waals surface area contributed by atoms with Crippen LogP contribution in [0.3, 0.4) is 0 Å². The third kappa shape index (κ3) is 3.86. The summed E-state index contributed by atoms with van der Waals surface area (Å²) in [7, 11) is 0. The van der Waals surface area contributed by atoms with Gasteiger partial charge in [0.15, 0.2) is 0 Å². The second-order valence-corrected chi connectivity index (χ2v) is 3.85. The highest BCUT2D eigenvalue weighted by atomic mass is 14.8. The molecular weight excluding hydrogens is 172 g/mol. The lowest BCUT2D eigenvalue weighted by atomic mass is 9.90. The molecule has 0 aromatic heterocycles. The number of allylic oxidation sites excluding steroid dienone is 4. The van der Waals surface area contributed by atoms with Gasteiger partial charge in [0.05, 0.1) is 0 Å². The van der Waals surface area contributed by atoms with E-state index in [1.54, 1.807) is 18.2 Å². The van der Waals surface area contributed by atoms with Crippen molar-refractivity contribution in [3.63, 3.8) is 0 Å². The Morgan fingerprint density at radius 1 is 1.36 bits per heavy atom. The maximum absolute atomic E-state index is 8.76. The van der Waals surface area contributed by atoms with Crippen LogP contribution in [0.25, 0.3) is 0 Å². The average Bonchev–Trinajstić information content (AvgIpc) is 2.10. The molecule has 0 aliphatic heterocycles. The van der Waals surface area contributed by atoms with Crippen molar-refractivity contribution in [3.8, 4) is 6.07 Å². The molecule has 74 valence electrons. The fraction of sp³-hybridized carbons (Fsp3) is 0.333. The Labute approximate surface area is 86.0 Å². The first-order valence-corrected chi connectivity index (χ1v) is 4.40. The molecule has 0 aliphatic carbocycles. The van der Waals surface area contributed by atoms with Crippen molar-refractivity contribution in [2.75, 3.05) is 0 Å². The SMILES string of the molecule is C=C/C=C(/C#N)N=C(C=C)C(C)(C)C. The molecule has 2 nitrogen and oxygen atoms in total. The van der Waals surface area contributed by atoms with Crippen LogP contribution in [0.2, 0.25) is 0 Å². The molecule has 0 N–H and O–H groups in total. The maximum atomic E-state index is 8.76. The van der Waals surface area contributed by atoms with Crippen LogP contribution in [-0.4, -0.2) is 5.71 Å². The summed E-state index contributed by atoms with van der Waals surface area (Å²) >= 11 is 0. The molecule has 0 fully saturated rings. The van der Waals surface area contributed by atoms with Gasteiger partial charge in [-0.25, -0.2) is 4.99 Å². The molecule has 0 saturated heterocycles. The van der Waals surface area contributed by atoms with E-state index in [1.165, 1.54) is 0 Å². The zero-order valence-electron chi connectivity index (χ0n) is 9.04. The average molecular weight is 188 g/mol. The Morgan fingerprint density at radius 2 is 1.93 bits per heavy atom. The summed E-state index contributed by atoms with van der Waals surface area (Å²) in [5, 5.41) is 8.76. The topological polar surface area (TPSA) is 36.1 Å². The fourth-order valence-corrected chi connectivity index (χ4v) is 0.860. The molecule has 0 rings (SSSR count). The van der Waals surface area contributed by atoms with E-state index in [4.69, 9.17) is 5.26 Å². The van der Waals surface area contributed by atoms with E-state index in [0.29, 0.717) is 5.70 Å². The highest BCUT2D eigenvalue weighted by Gasteiger charge is 2.16. The number of rotatable bonds is 3. The number of hydrogen-bond acceptors (Lipinski definition) is 2. The van der Waals surface area contributed by atoms with E-state index in [-0.39, 0.29) is 5.41 Å². The molecule has 0 bridgehead atoms. The Hall–Kier alpha value is -1.62. The second kappa shape index (κ2) is 5.18. The van der Waals surface area contributed by atoms with Gasteiger partial charge in [0.25, 0.3) is 0 Å². The molecular formula is C12H16N2. The molecule has 0 aliphatic rings. The van der Waals surface area contributed by atoms with Gasteiger partial charge in [-0.1, -0.05) is 40.0 Å². The van der Waals surface area contributed by atoms with E-state index in [0.717, 1.165) is 5.71 Å². The Bertz CT molecular complexity index is 319. The van der Waals surface area contributed by atoms with Crippen LogP contribution in [0, 0.1) is 16.7 Å². The van der Waals surface area contributed by atoms with Crippen molar-refractivity contribution in [3.05, 3.63) is 37.1 Å². The van der Waals surface area contributed by atoms with Crippen LogP contribution < -0.4 is 0 Å². The molecule has 0 aromatic carbocycles. The molecule has 14 heavy (non-hydrogen) atoms. The molecule has 0 aromatic rings. The van der Waals surface area contributed by atoms with E-state index >= 15 is 0 Å². The van der Waals surface area contributed by atoms with Crippen molar-refractivity contribution in [1.29, 1.82) is 5.26 Å². The summed E-state index contributed by atoms with van der Waals surface area (Å²) in [5.41, 5.74) is 1.05. The number of nitrogens with zero attached hydrogens (tertiary/aromatic N) is 2. The maximum Gasteiger partial charge on any atom is 0.140 e. The highest BCUT2D eigenvalue weighted by Crippen LogP contribution is 2.18. The molecule has 0 atom stereocenters. The van der Waals surface area contributed by atoms with Crippen LogP contribution in [0.15, 0.2) is 42.1 Å². The molecule has 0 unspecified atom stereocenters. The summed E-state index contributed by atoms with van der Waals surface area (Å²) < 4.78 is 0. The molecule has 0 radical (unpaired) electrons. The summed E-state index contributed by atoms with van der Waals surface area (Å²) in [4.78, 5) is 4.20. The van der Waals surface area contributed by atoms with Gasteiger partial charge >= 0.3 is 0 Å². The number of aliphatic imine (C=N–C) groups is 1. The Morgan fingerprint density at radius 3 is 2.21 bits per heavy atom. The van der Waals surface area contributed by atoms with Crippen molar-refractivity contribution >= 4 is 5.71 Å². The zero-order chi connectivity index (χ0) is 11.2. The zero-order valence-corrected chi connectivity index (χ0v) is 9.04. The molecule has 0 heterocycles. The quantitative estimate of drug-likeness (QED) is 0.380. The van der Waals surface area contributed by atoms with Crippen molar-refractivity contribution in [1.82, 2.24) is 0 Å². The van der Waals surface area contributed by atoms with Gasteiger partial charge in [-0.15, -0.1) is 0 Å². The number of nitriles is 1. The molecule has 0 spiro atoms. The van der Waals surface area contributed by atoms with Crippen LogP contribution >= 0.6 is 0 Å². The predicted molar refractivity (Wildman–Crippen MR) is 61.0 cm³/mol. The third-order valence-electron chi connectivity index (χ3n) is 1.59. The largest absolute Gasteiger partial charge is 0.242 e. The van der Waals surface area contributed by atoms with Crippen LogP contribution in [0.4, 0.5) is 0 Å². The second-order valence-electron chi connectivity index (χ2n) is 3.85. The van der Waals surface area contributed by atoms with Crippen molar-refractivity contribution in [2.45, 2.75) is 20.8 Å². The van der Waals surface area contributed by atoms with Gasteiger partial charge in [-0.05, 0) is 12.2 Å². The lowest BCUT2D eigenvalue weighted by Gasteiger charge is -2.18. The lowest BCUT2D eigenvalue weighted by molar-refractivity contribution is 0.594. The highest BCUT2D eigenvalue weighted by molar-refractivity contribution is 5.99.